The first-order valence-electron chi connectivity index (χ1n) is 5.53. The van der Waals surface area contributed by atoms with E-state index in [1.807, 2.05) is 18.2 Å². The van der Waals surface area contributed by atoms with Crippen LogP contribution in [0.5, 0.6) is 0 Å². The van der Waals surface area contributed by atoms with Crippen LogP contribution in [-0.2, 0) is 10.1 Å². The van der Waals surface area contributed by atoms with Crippen LogP contribution in [0.4, 0.5) is 0 Å². The van der Waals surface area contributed by atoms with Gasteiger partial charge in [-0.1, -0.05) is 0 Å². The normalized spacial score (nSPS) is 10.2. The summed E-state index contributed by atoms with van der Waals surface area (Å²) in [6.07, 6.45) is 0. The van der Waals surface area contributed by atoms with E-state index < -0.39 is 0 Å². The van der Waals surface area contributed by atoms with Crippen molar-refractivity contribution in [2.75, 3.05) is 0 Å². The summed E-state index contributed by atoms with van der Waals surface area (Å²) in [5.74, 6) is 0. The third-order valence-corrected chi connectivity index (χ3v) is 4.36. The van der Waals surface area contributed by atoms with Gasteiger partial charge in [0, 0.05) is 0 Å². The van der Waals surface area contributed by atoms with Gasteiger partial charge in [0.25, 0.3) is 0 Å². The molecule has 0 aliphatic heterocycles. The van der Waals surface area contributed by atoms with E-state index in [0.717, 1.165) is 5.32 Å². The summed E-state index contributed by atoms with van der Waals surface area (Å²) in [7, 11) is 0. The molecule has 0 aliphatic rings. The van der Waals surface area contributed by atoms with Crippen LogP contribution in [0.2, 0.25) is 0 Å². The van der Waals surface area contributed by atoms with Crippen LogP contribution < -0.4 is 0 Å². The summed E-state index contributed by atoms with van der Waals surface area (Å²) < 4.78 is 0.310. The maximum atomic E-state index is 10.9. The molecule has 17 heavy (non-hydrogen) atoms. The van der Waals surface area contributed by atoms with Crippen LogP contribution in [0.25, 0.3) is 11.1 Å². The van der Waals surface area contributed by atoms with E-state index >= 15 is 0 Å². The van der Waals surface area contributed by atoms with E-state index in [0.29, 0.717) is 4.68 Å². The standard InChI is InChI=1S/C15H14OSe/c1-12(16)17-11-13-7-9-15(10-8-13)14-5-3-2-4-6-14/h2-10H,11H2,1H3. The molecule has 0 unspecified atom stereocenters. The predicted molar refractivity (Wildman–Crippen MR) is 72.0 cm³/mol. The van der Waals surface area contributed by atoms with Crippen molar-refractivity contribution in [1.29, 1.82) is 0 Å². The van der Waals surface area contributed by atoms with Crippen LogP contribution in [0, 0.1) is 0 Å². The van der Waals surface area contributed by atoms with E-state index in [1.54, 1.807) is 6.92 Å². The Kier molecular flexibility index (Phi) is 4.13. The van der Waals surface area contributed by atoms with Gasteiger partial charge in [0.05, 0.1) is 0 Å². The van der Waals surface area contributed by atoms with Gasteiger partial charge >= 0.3 is 108 Å². The number of carbonyl (C=O) groups excluding carboxylic acids is 1. The minimum atomic E-state index is 0.0915. The van der Waals surface area contributed by atoms with Crippen molar-refractivity contribution in [2.24, 2.45) is 0 Å². The van der Waals surface area contributed by atoms with Crippen LogP contribution in [0.3, 0.4) is 0 Å². The van der Waals surface area contributed by atoms with Crippen molar-refractivity contribution in [3.63, 3.8) is 0 Å². The third kappa shape index (κ3) is 3.55. The van der Waals surface area contributed by atoms with Gasteiger partial charge in [-0.25, -0.2) is 0 Å². The SMILES string of the molecule is CC(=O)[Se]Cc1ccc(-c2ccccc2)cc1. The van der Waals surface area contributed by atoms with Crippen LogP contribution >= 0.6 is 0 Å². The van der Waals surface area contributed by atoms with E-state index in [1.165, 1.54) is 16.7 Å². The second kappa shape index (κ2) is 5.81. The van der Waals surface area contributed by atoms with Gasteiger partial charge < -0.3 is 0 Å². The molecule has 0 saturated heterocycles. The van der Waals surface area contributed by atoms with E-state index in [2.05, 4.69) is 36.4 Å². The number of benzene rings is 2. The second-order valence-electron chi connectivity index (χ2n) is 3.84. The summed E-state index contributed by atoms with van der Waals surface area (Å²) in [6.45, 7) is 1.67. The Morgan fingerprint density at radius 1 is 0.941 bits per heavy atom. The average Bonchev–Trinajstić information content (AvgIpc) is 2.38. The zero-order valence-electron chi connectivity index (χ0n) is 9.72. The molecule has 0 saturated carbocycles. The molecule has 0 fully saturated rings. The van der Waals surface area contributed by atoms with Crippen molar-refractivity contribution in [1.82, 2.24) is 0 Å². The molecule has 0 aromatic heterocycles. The second-order valence-corrected chi connectivity index (χ2v) is 6.26. The van der Waals surface area contributed by atoms with Crippen molar-refractivity contribution in [3.8, 4) is 11.1 Å². The third-order valence-electron chi connectivity index (χ3n) is 2.50. The Morgan fingerprint density at radius 2 is 1.53 bits per heavy atom. The van der Waals surface area contributed by atoms with Gasteiger partial charge in [-0.2, -0.15) is 0 Å². The molecule has 0 heterocycles. The molecule has 1 nitrogen and oxygen atoms in total. The minimum absolute atomic E-state index is 0.0915. The fraction of sp³-hybridized carbons (Fsp3) is 0.133. The van der Waals surface area contributed by atoms with Crippen molar-refractivity contribution >= 4 is 19.6 Å². The van der Waals surface area contributed by atoms with Gasteiger partial charge in [0.2, 0.25) is 0 Å². The van der Waals surface area contributed by atoms with E-state index in [9.17, 15) is 4.79 Å². The number of hydrogen-bond donors (Lipinski definition) is 0. The Hall–Kier alpha value is -1.37. The molecule has 0 spiro atoms. The van der Waals surface area contributed by atoms with E-state index in [4.69, 9.17) is 0 Å². The summed E-state index contributed by atoms with van der Waals surface area (Å²) in [6, 6.07) is 18.8. The van der Waals surface area contributed by atoms with Crippen molar-refractivity contribution in [3.05, 3.63) is 60.2 Å². The summed E-state index contributed by atoms with van der Waals surface area (Å²) in [4.78, 5) is 10.9. The number of carbonyl (C=O) groups is 1. The molecular formula is C15H14OSe. The molecule has 0 radical (unpaired) electrons. The molecule has 86 valence electrons. The zero-order chi connectivity index (χ0) is 12.1. The maximum absolute atomic E-state index is 10.9. The molecular weight excluding hydrogens is 275 g/mol. The number of hydrogen-bond acceptors (Lipinski definition) is 1. The Balaban J connectivity index is 2.11. The first kappa shape index (κ1) is 12.1. The first-order valence-corrected chi connectivity index (χ1v) is 7.60. The topological polar surface area (TPSA) is 17.1 Å². The monoisotopic (exact) mass is 290 g/mol. The van der Waals surface area contributed by atoms with E-state index in [-0.39, 0.29) is 15.0 Å². The molecule has 0 N–H and O–H groups in total. The Bertz CT molecular complexity index is 488. The molecule has 0 atom stereocenters. The van der Waals surface area contributed by atoms with Gasteiger partial charge in [-0.15, -0.1) is 0 Å². The Labute approximate surface area is 108 Å². The van der Waals surface area contributed by atoms with Gasteiger partial charge in [0.15, 0.2) is 0 Å². The summed E-state index contributed by atoms with van der Waals surface area (Å²) >= 11 is 0.0915. The van der Waals surface area contributed by atoms with Crippen LogP contribution in [0.1, 0.15) is 12.5 Å². The zero-order valence-corrected chi connectivity index (χ0v) is 11.4. The molecule has 2 aromatic rings. The van der Waals surface area contributed by atoms with Gasteiger partial charge in [-0.3, -0.25) is 0 Å². The van der Waals surface area contributed by atoms with Crippen LogP contribution in [0.15, 0.2) is 54.6 Å². The van der Waals surface area contributed by atoms with Crippen molar-refractivity contribution < 1.29 is 4.79 Å². The Morgan fingerprint density at radius 3 is 2.12 bits per heavy atom. The molecule has 0 aliphatic carbocycles. The molecule has 2 aromatic carbocycles. The number of rotatable bonds is 4. The molecule has 2 heteroatoms. The molecule has 0 bridgehead atoms. The first-order chi connectivity index (χ1) is 8.25. The van der Waals surface area contributed by atoms with Gasteiger partial charge in [0.1, 0.15) is 0 Å². The van der Waals surface area contributed by atoms with Gasteiger partial charge in [-0.05, 0) is 0 Å². The quantitative estimate of drug-likeness (QED) is 0.790. The van der Waals surface area contributed by atoms with Crippen LogP contribution in [-0.4, -0.2) is 19.6 Å². The molecule has 0 amide bonds. The fourth-order valence-corrected chi connectivity index (χ4v) is 2.79. The predicted octanol–water partition coefficient (Wildman–Crippen LogP) is 3.10. The summed E-state index contributed by atoms with van der Waals surface area (Å²) in [5, 5.41) is 0.900. The summed E-state index contributed by atoms with van der Waals surface area (Å²) in [5.41, 5.74) is 3.71. The fourth-order valence-electron chi connectivity index (χ4n) is 1.61. The average molecular weight is 289 g/mol. The van der Waals surface area contributed by atoms with Crippen molar-refractivity contribution in [2.45, 2.75) is 12.2 Å². The molecule has 2 rings (SSSR count).